The molecule has 0 aliphatic carbocycles. The van der Waals surface area contributed by atoms with Crippen LogP contribution in [0.3, 0.4) is 0 Å². The fraction of sp³-hybridized carbons (Fsp3) is 1.00. The highest BCUT2D eigenvalue weighted by Gasteiger charge is 2.36. The van der Waals surface area contributed by atoms with Crippen molar-refractivity contribution >= 4 is 21.2 Å². The van der Waals surface area contributed by atoms with E-state index in [9.17, 15) is 0 Å². The number of aliphatic hydroxyl groups excluding tert-OH is 1. The van der Waals surface area contributed by atoms with Gasteiger partial charge in [0.2, 0.25) is 0 Å². The van der Waals surface area contributed by atoms with E-state index < -0.39 is 8.56 Å². The molecule has 0 amide bonds. The van der Waals surface area contributed by atoms with E-state index in [0.717, 1.165) is 0 Å². The molecule has 0 spiro atoms. The van der Waals surface area contributed by atoms with E-state index in [1.54, 1.807) is 14.2 Å². The van der Waals surface area contributed by atoms with Gasteiger partial charge in [0.25, 0.3) is 0 Å². The monoisotopic (exact) mass is 196 g/mol. The molecule has 0 aliphatic rings. The van der Waals surface area contributed by atoms with Gasteiger partial charge in [-0.1, -0.05) is 0 Å². The molecule has 1 atom stereocenters. The molecule has 0 fully saturated rings. The van der Waals surface area contributed by atoms with Gasteiger partial charge in [-0.05, 0) is 13.0 Å². The Labute approximate surface area is 74.4 Å². The number of hydrogen-bond acceptors (Lipinski definition) is 4. The van der Waals surface area contributed by atoms with Crippen LogP contribution in [0.15, 0.2) is 0 Å². The van der Waals surface area contributed by atoms with Crippen molar-refractivity contribution in [3.05, 3.63) is 0 Å². The Kier molecular flexibility index (Phi) is 5.37. The highest BCUT2D eigenvalue weighted by molar-refractivity contribution is 7.83. The van der Waals surface area contributed by atoms with Gasteiger partial charge in [0, 0.05) is 25.7 Å². The van der Waals surface area contributed by atoms with Crippen LogP contribution in [0.25, 0.3) is 0 Å². The van der Waals surface area contributed by atoms with Crippen molar-refractivity contribution in [2.45, 2.75) is 17.8 Å². The van der Waals surface area contributed by atoms with Crippen LogP contribution in [0.5, 0.6) is 0 Å². The molecule has 0 saturated heterocycles. The summed E-state index contributed by atoms with van der Waals surface area (Å²) in [6.45, 7) is 2.06. The van der Waals surface area contributed by atoms with Crippen molar-refractivity contribution in [1.82, 2.24) is 0 Å². The maximum atomic E-state index is 8.65. The first-order chi connectivity index (χ1) is 5.10. The van der Waals surface area contributed by atoms with Crippen LogP contribution < -0.4 is 0 Å². The zero-order valence-electron chi connectivity index (χ0n) is 7.20. The lowest BCUT2D eigenvalue weighted by Gasteiger charge is -2.27. The van der Waals surface area contributed by atoms with Crippen LogP contribution in [0, 0.1) is 0 Å². The Morgan fingerprint density at radius 2 is 1.91 bits per heavy atom. The average Bonchev–Trinajstić information content (AvgIpc) is 2.03. The molecule has 68 valence electrons. The van der Waals surface area contributed by atoms with Crippen molar-refractivity contribution in [2.75, 3.05) is 20.8 Å². The Morgan fingerprint density at radius 3 is 2.18 bits per heavy atom. The van der Waals surface area contributed by atoms with Gasteiger partial charge in [-0.2, -0.15) is 12.6 Å². The Morgan fingerprint density at radius 1 is 1.45 bits per heavy atom. The van der Waals surface area contributed by atoms with Crippen LogP contribution in [0.2, 0.25) is 6.55 Å². The van der Waals surface area contributed by atoms with E-state index in [1.807, 2.05) is 6.55 Å². The van der Waals surface area contributed by atoms with Crippen LogP contribution in [0.4, 0.5) is 0 Å². The third kappa shape index (κ3) is 3.12. The van der Waals surface area contributed by atoms with Gasteiger partial charge < -0.3 is 14.0 Å². The third-order valence-corrected chi connectivity index (χ3v) is 6.60. The zero-order valence-corrected chi connectivity index (χ0v) is 9.10. The summed E-state index contributed by atoms with van der Waals surface area (Å²) in [6.07, 6.45) is 0.619. The molecule has 11 heavy (non-hydrogen) atoms. The Hall–Kier alpha value is 0.447. The summed E-state index contributed by atoms with van der Waals surface area (Å²) in [5.74, 6) is 0. The second-order valence-electron chi connectivity index (χ2n) is 2.45. The molecule has 0 rings (SSSR count). The van der Waals surface area contributed by atoms with Gasteiger partial charge in [0.15, 0.2) is 0 Å². The second kappa shape index (κ2) is 5.16. The molecule has 1 unspecified atom stereocenters. The van der Waals surface area contributed by atoms with Gasteiger partial charge in [-0.15, -0.1) is 0 Å². The summed E-state index contributed by atoms with van der Waals surface area (Å²) in [5, 5.41) is 8.65. The summed E-state index contributed by atoms with van der Waals surface area (Å²) < 4.78 is 10.5. The largest absolute Gasteiger partial charge is 0.397 e. The first kappa shape index (κ1) is 11.4. The standard InChI is InChI=1S/C6H16O3SSi/c1-8-11(3,9-2)6(10)4-5-7/h6-7,10H,4-5H2,1-3H3. The summed E-state index contributed by atoms with van der Waals surface area (Å²) >= 11 is 4.30. The molecule has 0 bridgehead atoms. The fourth-order valence-corrected chi connectivity index (χ4v) is 2.85. The lowest BCUT2D eigenvalue weighted by atomic mass is 10.5. The topological polar surface area (TPSA) is 38.7 Å². The maximum absolute atomic E-state index is 8.65. The number of thiol groups is 1. The summed E-state index contributed by atoms with van der Waals surface area (Å²) in [6, 6.07) is 0. The van der Waals surface area contributed by atoms with E-state index in [-0.39, 0.29) is 11.5 Å². The van der Waals surface area contributed by atoms with Crippen molar-refractivity contribution in [3.8, 4) is 0 Å². The van der Waals surface area contributed by atoms with Gasteiger partial charge in [0.05, 0.1) is 0 Å². The molecule has 0 aromatic rings. The van der Waals surface area contributed by atoms with Crippen molar-refractivity contribution < 1.29 is 14.0 Å². The van der Waals surface area contributed by atoms with Crippen molar-refractivity contribution in [2.24, 2.45) is 0 Å². The lowest BCUT2D eigenvalue weighted by molar-refractivity contribution is 0.235. The Bertz CT molecular complexity index is 108. The predicted molar refractivity (Wildman–Crippen MR) is 50.1 cm³/mol. The molecule has 0 aromatic carbocycles. The Balaban J connectivity index is 4.00. The normalized spacial score (nSPS) is 15.0. The van der Waals surface area contributed by atoms with Gasteiger partial charge in [-0.3, -0.25) is 0 Å². The van der Waals surface area contributed by atoms with E-state index in [0.29, 0.717) is 6.42 Å². The molecule has 5 heteroatoms. The quantitative estimate of drug-likeness (QED) is 0.499. The molecule has 3 nitrogen and oxygen atoms in total. The SMILES string of the molecule is CO[Si](C)(OC)C(S)CCO. The van der Waals surface area contributed by atoms with Crippen LogP contribution in [-0.2, 0) is 8.85 Å². The van der Waals surface area contributed by atoms with Crippen LogP contribution in [0.1, 0.15) is 6.42 Å². The van der Waals surface area contributed by atoms with E-state index in [1.165, 1.54) is 0 Å². The minimum atomic E-state index is -2.12. The predicted octanol–water partition coefficient (Wildman–Crippen LogP) is 0.571. The molecule has 1 N–H and O–H groups in total. The molecular formula is C6H16O3SSi. The second-order valence-corrected chi connectivity index (χ2v) is 7.11. The highest BCUT2D eigenvalue weighted by Crippen LogP contribution is 2.18. The van der Waals surface area contributed by atoms with E-state index >= 15 is 0 Å². The molecular weight excluding hydrogens is 180 g/mol. The van der Waals surface area contributed by atoms with Crippen molar-refractivity contribution in [3.63, 3.8) is 0 Å². The summed E-state index contributed by atoms with van der Waals surface area (Å²) in [4.78, 5) is 0.0301. The molecule has 0 radical (unpaired) electrons. The average molecular weight is 196 g/mol. The molecule has 0 aromatic heterocycles. The van der Waals surface area contributed by atoms with E-state index in [4.69, 9.17) is 14.0 Å². The summed E-state index contributed by atoms with van der Waals surface area (Å²) in [7, 11) is 1.13. The highest BCUT2D eigenvalue weighted by atomic mass is 32.1. The first-order valence-electron chi connectivity index (χ1n) is 3.50. The third-order valence-electron chi connectivity index (χ3n) is 1.82. The molecule has 0 heterocycles. The number of hydrogen-bond donors (Lipinski definition) is 2. The number of aliphatic hydroxyl groups is 1. The maximum Gasteiger partial charge on any atom is 0.347 e. The summed E-state index contributed by atoms with van der Waals surface area (Å²) in [5.41, 5.74) is 0. The fourth-order valence-electron chi connectivity index (χ4n) is 0.740. The first-order valence-corrected chi connectivity index (χ1v) is 6.41. The lowest BCUT2D eigenvalue weighted by Crippen LogP contribution is -2.46. The number of rotatable bonds is 5. The van der Waals surface area contributed by atoms with Gasteiger partial charge in [0.1, 0.15) is 0 Å². The van der Waals surface area contributed by atoms with Crippen LogP contribution in [-0.4, -0.2) is 39.4 Å². The minimum Gasteiger partial charge on any atom is -0.397 e. The van der Waals surface area contributed by atoms with Gasteiger partial charge in [-0.25, -0.2) is 0 Å². The minimum absolute atomic E-state index is 0.0301. The molecule has 0 aliphatic heterocycles. The van der Waals surface area contributed by atoms with Crippen LogP contribution >= 0.6 is 12.6 Å². The van der Waals surface area contributed by atoms with Gasteiger partial charge >= 0.3 is 8.56 Å². The molecule has 0 saturated carbocycles. The zero-order chi connectivity index (χ0) is 8.91. The van der Waals surface area contributed by atoms with Crippen molar-refractivity contribution in [1.29, 1.82) is 0 Å². The van der Waals surface area contributed by atoms with E-state index in [2.05, 4.69) is 12.6 Å². The smallest absolute Gasteiger partial charge is 0.347 e.